The molecular weight excluding hydrogens is 302 g/mol. The van der Waals surface area contributed by atoms with Gasteiger partial charge in [0.05, 0.1) is 17.7 Å². The van der Waals surface area contributed by atoms with E-state index in [-0.39, 0.29) is 12.5 Å². The molecular formula is C19H25N3O2. The molecule has 0 radical (unpaired) electrons. The zero-order chi connectivity index (χ0) is 16.9. The number of fused-ring (bicyclic) bond motifs is 1. The molecule has 0 saturated carbocycles. The van der Waals surface area contributed by atoms with Crippen LogP contribution in [0.15, 0.2) is 30.3 Å². The van der Waals surface area contributed by atoms with E-state index >= 15 is 0 Å². The van der Waals surface area contributed by atoms with Gasteiger partial charge in [0.15, 0.2) is 0 Å². The Bertz CT molecular complexity index is 705. The van der Waals surface area contributed by atoms with E-state index in [2.05, 4.69) is 4.90 Å². The lowest BCUT2D eigenvalue weighted by molar-refractivity contribution is 0.0722. The van der Waals surface area contributed by atoms with Gasteiger partial charge in [0.2, 0.25) is 0 Å². The van der Waals surface area contributed by atoms with E-state index in [9.17, 15) is 9.90 Å². The highest BCUT2D eigenvalue weighted by Gasteiger charge is 2.24. The van der Waals surface area contributed by atoms with Crippen molar-refractivity contribution in [3.05, 3.63) is 35.9 Å². The Labute approximate surface area is 142 Å². The van der Waals surface area contributed by atoms with Crippen LogP contribution in [-0.2, 0) is 0 Å². The van der Waals surface area contributed by atoms with Gasteiger partial charge in [0.1, 0.15) is 5.82 Å². The van der Waals surface area contributed by atoms with Crippen molar-refractivity contribution < 1.29 is 9.90 Å². The van der Waals surface area contributed by atoms with Crippen molar-refractivity contribution in [2.75, 3.05) is 37.7 Å². The van der Waals surface area contributed by atoms with Crippen LogP contribution in [0.1, 0.15) is 36.5 Å². The van der Waals surface area contributed by atoms with Gasteiger partial charge in [0, 0.05) is 31.6 Å². The molecule has 1 N–H and O–H groups in total. The lowest BCUT2D eigenvalue weighted by Crippen LogP contribution is -2.35. The second-order valence-electron chi connectivity index (χ2n) is 6.26. The number of hydrogen-bond donors (Lipinski definition) is 1. The number of nitrogens with zero attached hydrogens (tertiary/aromatic N) is 3. The highest BCUT2D eigenvalue weighted by molar-refractivity contribution is 6.02. The molecule has 5 nitrogen and oxygen atoms in total. The maximum absolute atomic E-state index is 13.1. The van der Waals surface area contributed by atoms with Crippen LogP contribution >= 0.6 is 0 Å². The number of aliphatic hydroxyl groups excluding tert-OH is 1. The minimum absolute atomic E-state index is 0.0220. The van der Waals surface area contributed by atoms with E-state index in [1.54, 1.807) is 4.90 Å². The van der Waals surface area contributed by atoms with Gasteiger partial charge in [0.25, 0.3) is 5.91 Å². The summed E-state index contributed by atoms with van der Waals surface area (Å²) in [6.07, 6.45) is 3.14. The third-order valence-corrected chi connectivity index (χ3v) is 4.49. The normalized spacial score (nSPS) is 14.3. The molecule has 5 heteroatoms. The minimum Gasteiger partial charge on any atom is -0.395 e. The van der Waals surface area contributed by atoms with Crippen molar-refractivity contribution in [2.45, 2.75) is 26.2 Å². The lowest BCUT2D eigenvalue weighted by Gasteiger charge is -2.25. The van der Waals surface area contributed by atoms with Gasteiger partial charge in [-0.2, -0.15) is 0 Å². The zero-order valence-electron chi connectivity index (χ0n) is 14.2. The Morgan fingerprint density at radius 3 is 2.71 bits per heavy atom. The Kier molecular flexibility index (Phi) is 5.30. The number of hydrogen-bond acceptors (Lipinski definition) is 4. The first kappa shape index (κ1) is 16.7. The van der Waals surface area contributed by atoms with Crippen molar-refractivity contribution in [3.8, 4) is 0 Å². The van der Waals surface area contributed by atoms with Gasteiger partial charge in [-0.05, 0) is 31.4 Å². The molecule has 1 aliphatic heterocycles. The topological polar surface area (TPSA) is 56.7 Å². The van der Waals surface area contributed by atoms with E-state index in [4.69, 9.17) is 4.98 Å². The Morgan fingerprint density at radius 1 is 1.25 bits per heavy atom. The predicted octanol–water partition coefficient (Wildman–Crippen LogP) is 2.68. The van der Waals surface area contributed by atoms with Crippen molar-refractivity contribution in [3.63, 3.8) is 0 Å². The minimum atomic E-state index is -0.0361. The Hall–Kier alpha value is -2.14. The molecule has 1 fully saturated rings. The molecule has 2 heterocycles. The Balaban J connectivity index is 2.05. The second-order valence-corrected chi connectivity index (χ2v) is 6.26. The number of rotatable bonds is 6. The molecule has 1 aromatic carbocycles. The van der Waals surface area contributed by atoms with Crippen LogP contribution < -0.4 is 4.90 Å². The highest BCUT2D eigenvalue weighted by atomic mass is 16.3. The SMILES string of the molecule is CCCN(CCO)C(=O)c1cc2ccccc2nc1N1CCCC1. The summed E-state index contributed by atoms with van der Waals surface area (Å²) in [4.78, 5) is 21.8. The maximum atomic E-state index is 13.1. The van der Waals surface area contributed by atoms with Crippen LogP contribution in [0.25, 0.3) is 10.9 Å². The zero-order valence-corrected chi connectivity index (χ0v) is 14.2. The summed E-state index contributed by atoms with van der Waals surface area (Å²) in [6.45, 7) is 4.91. The van der Waals surface area contributed by atoms with Gasteiger partial charge in [-0.15, -0.1) is 0 Å². The number of pyridine rings is 1. The first-order valence-corrected chi connectivity index (χ1v) is 8.79. The summed E-state index contributed by atoms with van der Waals surface area (Å²) in [5.41, 5.74) is 1.57. The molecule has 1 aliphatic rings. The van der Waals surface area contributed by atoms with E-state index in [0.29, 0.717) is 18.7 Å². The Morgan fingerprint density at radius 2 is 2.00 bits per heavy atom. The molecule has 1 amide bonds. The van der Waals surface area contributed by atoms with Crippen molar-refractivity contribution in [1.29, 1.82) is 0 Å². The third kappa shape index (κ3) is 3.36. The smallest absolute Gasteiger partial charge is 0.257 e. The maximum Gasteiger partial charge on any atom is 0.257 e. The number of carbonyl (C=O) groups excluding carboxylic acids is 1. The van der Waals surface area contributed by atoms with Crippen LogP contribution in [0.5, 0.6) is 0 Å². The largest absolute Gasteiger partial charge is 0.395 e. The number of carbonyl (C=O) groups is 1. The fourth-order valence-corrected chi connectivity index (χ4v) is 3.31. The van der Waals surface area contributed by atoms with Gasteiger partial charge >= 0.3 is 0 Å². The summed E-state index contributed by atoms with van der Waals surface area (Å²) in [5.74, 6) is 0.751. The van der Waals surface area contributed by atoms with Gasteiger partial charge < -0.3 is 14.9 Å². The number of anilines is 1. The van der Waals surface area contributed by atoms with Gasteiger partial charge in [-0.1, -0.05) is 25.1 Å². The summed E-state index contributed by atoms with van der Waals surface area (Å²) >= 11 is 0. The van der Waals surface area contributed by atoms with Crippen molar-refractivity contribution in [2.24, 2.45) is 0 Å². The molecule has 0 atom stereocenters. The number of aliphatic hydroxyl groups is 1. The molecule has 1 aromatic heterocycles. The molecule has 3 rings (SSSR count). The first-order valence-electron chi connectivity index (χ1n) is 8.79. The van der Waals surface area contributed by atoms with Crippen LogP contribution in [0.4, 0.5) is 5.82 Å². The molecule has 128 valence electrons. The quantitative estimate of drug-likeness (QED) is 0.886. The highest BCUT2D eigenvalue weighted by Crippen LogP contribution is 2.27. The van der Waals surface area contributed by atoms with E-state index in [0.717, 1.165) is 49.1 Å². The van der Waals surface area contributed by atoms with Gasteiger partial charge in [-0.25, -0.2) is 4.98 Å². The van der Waals surface area contributed by atoms with Crippen LogP contribution in [0.3, 0.4) is 0 Å². The number of benzene rings is 1. The second kappa shape index (κ2) is 7.62. The summed E-state index contributed by atoms with van der Waals surface area (Å²) in [7, 11) is 0. The monoisotopic (exact) mass is 327 g/mol. The number of aromatic nitrogens is 1. The average molecular weight is 327 g/mol. The summed E-state index contributed by atoms with van der Waals surface area (Å²) in [6, 6.07) is 9.87. The molecule has 24 heavy (non-hydrogen) atoms. The predicted molar refractivity (Wildman–Crippen MR) is 96.5 cm³/mol. The van der Waals surface area contributed by atoms with Crippen LogP contribution in [-0.4, -0.2) is 53.7 Å². The van der Waals surface area contributed by atoms with E-state index in [1.807, 2.05) is 37.3 Å². The van der Waals surface area contributed by atoms with Crippen LogP contribution in [0.2, 0.25) is 0 Å². The van der Waals surface area contributed by atoms with Crippen molar-refractivity contribution in [1.82, 2.24) is 9.88 Å². The molecule has 2 aromatic rings. The molecule has 0 aliphatic carbocycles. The van der Waals surface area contributed by atoms with Crippen molar-refractivity contribution >= 4 is 22.6 Å². The molecule has 0 bridgehead atoms. The van der Waals surface area contributed by atoms with Crippen LogP contribution in [0, 0.1) is 0 Å². The fourth-order valence-electron chi connectivity index (χ4n) is 3.31. The number of para-hydroxylation sites is 1. The average Bonchev–Trinajstić information content (AvgIpc) is 3.14. The molecule has 1 saturated heterocycles. The molecule has 0 unspecified atom stereocenters. The number of amides is 1. The summed E-state index contributed by atoms with van der Waals surface area (Å²) < 4.78 is 0. The van der Waals surface area contributed by atoms with Gasteiger partial charge in [-0.3, -0.25) is 4.79 Å². The third-order valence-electron chi connectivity index (χ3n) is 4.49. The van der Waals surface area contributed by atoms with E-state index < -0.39 is 0 Å². The summed E-state index contributed by atoms with van der Waals surface area (Å²) in [5, 5.41) is 10.3. The molecule has 0 spiro atoms. The standard InChI is InChI=1S/C19H25N3O2/c1-2-9-22(12-13-23)19(24)16-14-15-7-3-4-8-17(15)20-18(16)21-10-5-6-11-21/h3-4,7-8,14,23H,2,5-6,9-13H2,1H3. The lowest BCUT2D eigenvalue weighted by atomic mass is 10.1. The van der Waals surface area contributed by atoms with E-state index in [1.165, 1.54) is 0 Å². The first-order chi connectivity index (χ1) is 11.7. The fraction of sp³-hybridized carbons (Fsp3) is 0.474.